The Morgan fingerprint density at radius 2 is 1.68 bits per heavy atom. The minimum absolute atomic E-state index is 0.0704. The predicted molar refractivity (Wildman–Crippen MR) is 94.8 cm³/mol. The summed E-state index contributed by atoms with van der Waals surface area (Å²) in [6.45, 7) is 1.51. The van der Waals surface area contributed by atoms with Crippen molar-refractivity contribution in [3.8, 4) is 11.1 Å². The molecule has 0 N–H and O–H groups in total. The predicted octanol–water partition coefficient (Wildman–Crippen LogP) is 3.60. The van der Waals surface area contributed by atoms with Crippen LogP contribution in [0.25, 0.3) is 11.1 Å². The topological polar surface area (TPSA) is 37.4 Å². The third kappa shape index (κ3) is 2.29. The summed E-state index contributed by atoms with van der Waals surface area (Å²) >= 11 is 0. The molecule has 0 amide bonds. The molecule has 2 atom stereocenters. The van der Waals surface area contributed by atoms with Gasteiger partial charge in [-0.15, -0.1) is 0 Å². The van der Waals surface area contributed by atoms with E-state index in [9.17, 15) is 12.8 Å². The van der Waals surface area contributed by atoms with Gasteiger partial charge in [0.2, 0.25) is 0 Å². The van der Waals surface area contributed by atoms with Crippen LogP contribution in [0.1, 0.15) is 30.7 Å². The number of fused-ring (bicyclic) bond motifs is 3. The van der Waals surface area contributed by atoms with Gasteiger partial charge in [-0.1, -0.05) is 24.6 Å². The average molecular weight is 357 g/mol. The molecule has 2 aromatic rings. The molecule has 25 heavy (non-hydrogen) atoms. The lowest BCUT2D eigenvalue weighted by molar-refractivity contribution is 0.157. The summed E-state index contributed by atoms with van der Waals surface area (Å²) in [5, 5.41) is -0.299. The van der Waals surface area contributed by atoms with Crippen LogP contribution in [0, 0.1) is 5.82 Å². The molecule has 0 spiro atoms. The molecule has 0 radical (unpaired) electrons. The molecular weight excluding hydrogens is 337 g/mol. The molecule has 0 unspecified atom stereocenters. The average Bonchev–Trinajstić information content (AvgIpc) is 3.06. The number of sulfone groups is 1. The normalized spacial score (nSPS) is 27.7. The van der Waals surface area contributed by atoms with E-state index in [0.717, 1.165) is 23.2 Å². The molecule has 2 fully saturated rings. The largest absolute Gasteiger partial charge is 0.298 e. The quantitative estimate of drug-likeness (QED) is 0.824. The molecular formula is C20H20FNO2S. The van der Waals surface area contributed by atoms with Gasteiger partial charge in [0.25, 0.3) is 0 Å². The summed E-state index contributed by atoms with van der Waals surface area (Å²) < 4.78 is 39.1. The molecule has 1 saturated heterocycles. The van der Waals surface area contributed by atoms with Gasteiger partial charge in [-0.3, -0.25) is 4.90 Å². The zero-order chi connectivity index (χ0) is 17.2. The van der Waals surface area contributed by atoms with E-state index in [-0.39, 0.29) is 17.0 Å². The molecule has 1 aliphatic carbocycles. The van der Waals surface area contributed by atoms with Crippen molar-refractivity contribution < 1.29 is 12.8 Å². The molecule has 2 heterocycles. The first-order chi connectivity index (χ1) is 12.0. The van der Waals surface area contributed by atoms with Gasteiger partial charge in [0.15, 0.2) is 9.84 Å². The molecule has 3 nitrogen and oxygen atoms in total. The highest BCUT2D eigenvalue weighted by molar-refractivity contribution is 7.92. The Labute approximate surface area is 147 Å². The van der Waals surface area contributed by atoms with E-state index in [1.54, 1.807) is 18.2 Å². The van der Waals surface area contributed by atoms with Crippen LogP contribution in [0.3, 0.4) is 0 Å². The third-order valence-corrected chi connectivity index (χ3v) is 8.44. The molecule has 3 aliphatic rings. The Balaban J connectivity index is 1.55. The third-order valence-electron chi connectivity index (χ3n) is 6.18. The van der Waals surface area contributed by atoms with Crippen LogP contribution in [-0.2, 0) is 9.84 Å². The van der Waals surface area contributed by atoms with Gasteiger partial charge in [0.05, 0.1) is 10.1 Å². The second-order valence-electron chi connectivity index (χ2n) is 7.49. The second kappa shape index (κ2) is 5.39. The highest BCUT2D eigenvalue weighted by Gasteiger charge is 2.51. The van der Waals surface area contributed by atoms with Crippen LogP contribution in [0.15, 0.2) is 47.4 Å². The fourth-order valence-electron chi connectivity index (χ4n) is 4.55. The van der Waals surface area contributed by atoms with Crippen molar-refractivity contribution in [3.63, 3.8) is 0 Å². The van der Waals surface area contributed by atoms with Crippen molar-refractivity contribution in [2.75, 3.05) is 13.1 Å². The fraction of sp³-hybridized carbons (Fsp3) is 0.400. The van der Waals surface area contributed by atoms with Crippen molar-refractivity contribution >= 4 is 9.84 Å². The number of rotatable bonds is 2. The summed E-state index contributed by atoms with van der Waals surface area (Å²) in [5.41, 5.74) is 2.82. The van der Waals surface area contributed by atoms with Crippen molar-refractivity contribution in [3.05, 3.63) is 53.8 Å². The number of nitrogens with zero attached hydrogens (tertiary/aromatic N) is 1. The Kier molecular flexibility index (Phi) is 3.35. The Bertz CT molecular complexity index is 935. The van der Waals surface area contributed by atoms with Gasteiger partial charge in [-0.05, 0) is 53.8 Å². The van der Waals surface area contributed by atoms with Gasteiger partial charge in [-0.2, -0.15) is 0 Å². The van der Waals surface area contributed by atoms with E-state index >= 15 is 0 Å². The number of likely N-dealkylation sites (tertiary alicyclic amines) is 1. The van der Waals surface area contributed by atoms with Crippen molar-refractivity contribution in [2.45, 2.75) is 41.4 Å². The van der Waals surface area contributed by atoms with E-state index in [1.165, 1.54) is 31.4 Å². The molecule has 0 aromatic heterocycles. The highest BCUT2D eigenvalue weighted by atomic mass is 32.2. The van der Waals surface area contributed by atoms with Gasteiger partial charge in [0, 0.05) is 25.0 Å². The standard InChI is InChI=1S/C20H20FNO2S/c21-15-7-4-13(5-8-15)14-6-9-19-17(10-14)18-11-22(16-2-1-3-16)12-20(18)25(19,23)24/h4-10,16,18,20H,1-3,11-12H2/t18-,20-/m1/s1. The maximum atomic E-state index is 13.2. The monoisotopic (exact) mass is 357 g/mol. The highest BCUT2D eigenvalue weighted by Crippen LogP contribution is 2.47. The van der Waals surface area contributed by atoms with E-state index in [1.807, 2.05) is 12.1 Å². The lowest BCUT2D eigenvalue weighted by Crippen LogP contribution is -2.39. The summed E-state index contributed by atoms with van der Waals surface area (Å²) in [6, 6.07) is 12.5. The summed E-state index contributed by atoms with van der Waals surface area (Å²) in [6.07, 6.45) is 3.65. The summed E-state index contributed by atoms with van der Waals surface area (Å²) in [7, 11) is -3.24. The first kappa shape index (κ1) is 15.5. The number of hydrogen-bond acceptors (Lipinski definition) is 3. The number of benzene rings is 2. The van der Waals surface area contributed by atoms with Crippen molar-refractivity contribution in [2.24, 2.45) is 0 Å². The van der Waals surface area contributed by atoms with Gasteiger partial charge < -0.3 is 0 Å². The molecule has 2 aliphatic heterocycles. The zero-order valence-electron chi connectivity index (χ0n) is 13.9. The Morgan fingerprint density at radius 1 is 0.960 bits per heavy atom. The van der Waals surface area contributed by atoms with Crippen LogP contribution in [0.5, 0.6) is 0 Å². The van der Waals surface area contributed by atoms with Crippen LogP contribution < -0.4 is 0 Å². The number of hydrogen-bond donors (Lipinski definition) is 0. The molecule has 5 rings (SSSR count). The van der Waals surface area contributed by atoms with E-state index < -0.39 is 9.84 Å². The van der Waals surface area contributed by atoms with E-state index in [2.05, 4.69) is 4.90 Å². The zero-order valence-corrected chi connectivity index (χ0v) is 14.7. The summed E-state index contributed by atoms with van der Waals surface area (Å²) in [5.74, 6) is -0.194. The van der Waals surface area contributed by atoms with Crippen molar-refractivity contribution in [1.82, 2.24) is 4.90 Å². The SMILES string of the molecule is O=S1(=O)c2ccc(-c3ccc(F)cc3)cc2[C@H]2CN(C3CCC3)C[C@H]21. The van der Waals surface area contributed by atoms with Gasteiger partial charge in [-0.25, -0.2) is 12.8 Å². The minimum atomic E-state index is -3.24. The van der Waals surface area contributed by atoms with E-state index in [0.29, 0.717) is 17.5 Å². The lowest BCUT2D eigenvalue weighted by atomic mass is 9.91. The molecule has 2 aromatic carbocycles. The van der Waals surface area contributed by atoms with E-state index in [4.69, 9.17) is 0 Å². The lowest BCUT2D eigenvalue weighted by Gasteiger charge is -2.35. The van der Waals surface area contributed by atoms with Gasteiger partial charge >= 0.3 is 0 Å². The smallest absolute Gasteiger partial charge is 0.183 e. The Hall–Kier alpha value is -1.72. The Morgan fingerprint density at radius 3 is 2.36 bits per heavy atom. The van der Waals surface area contributed by atoms with Gasteiger partial charge in [0.1, 0.15) is 5.82 Å². The summed E-state index contributed by atoms with van der Waals surface area (Å²) in [4.78, 5) is 2.88. The van der Waals surface area contributed by atoms with Crippen LogP contribution in [-0.4, -0.2) is 37.7 Å². The number of halogens is 1. The maximum Gasteiger partial charge on any atom is 0.183 e. The maximum absolute atomic E-state index is 13.2. The first-order valence-corrected chi connectivity index (χ1v) is 10.5. The van der Waals surface area contributed by atoms with Crippen LogP contribution in [0.2, 0.25) is 0 Å². The van der Waals surface area contributed by atoms with Crippen molar-refractivity contribution in [1.29, 1.82) is 0 Å². The molecule has 5 heteroatoms. The minimum Gasteiger partial charge on any atom is -0.298 e. The fourth-order valence-corrected chi connectivity index (χ4v) is 6.72. The molecule has 1 saturated carbocycles. The second-order valence-corrected chi connectivity index (χ2v) is 9.62. The van der Waals surface area contributed by atoms with Crippen LogP contribution in [0.4, 0.5) is 4.39 Å². The molecule has 0 bridgehead atoms. The first-order valence-electron chi connectivity index (χ1n) is 8.92. The molecule has 130 valence electrons. The van der Waals surface area contributed by atoms with Crippen LogP contribution >= 0.6 is 0 Å².